The van der Waals surface area contributed by atoms with E-state index in [1.54, 1.807) is 7.11 Å². The van der Waals surface area contributed by atoms with Crippen LogP contribution in [0.3, 0.4) is 0 Å². The van der Waals surface area contributed by atoms with Gasteiger partial charge in [0.15, 0.2) is 0 Å². The number of carbonyl (C=O) groups is 1. The molecule has 108 valence electrons. The lowest BCUT2D eigenvalue weighted by Crippen LogP contribution is -2.49. The lowest BCUT2D eigenvalue weighted by Gasteiger charge is -2.37. The van der Waals surface area contributed by atoms with Crippen LogP contribution in [0.4, 0.5) is 0 Å². The van der Waals surface area contributed by atoms with Crippen LogP contribution in [0, 0.1) is 0 Å². The lowest BCUT2D eigenvalue weighted by atomic mass is 9.85. The molecule has 0 saturated carbocycles. The summed E-state index contributed by atoms with van der Waals surface area (Å²) in [6.45, 7) is 11.4. The number of hydrogen-bond donors (Lipinski definition) is 1. The molecule has 0 bridgehead atoms. The molecule has 18 heavy (non-hydrogen) atoms. The number of carbonyl (C=O) groups excluding carboxylic acids is 1. The summed E-state index contributed by atoms with van der Waals surface area (Å²) in [5.74, 6) is -0.157. The van der Waals surface area contributed by atoms with Crippen LogP contribution in [0.25, 0.3) is 0 Å². The summed E-state index contributed by atoms with van der Waals surface area (Å²) in [7, 11) is 1.70. The van der Waals surface area contributed by atoms with E-state index in [0.29, 0.717) is 13.0 Å². The Bertz CT molecular complexity index is 253. The summed E-state index contributed by atoms with van der Waals surface area (Å²) in [4.78, 5) is 11.7. The minimum atomic E-state index is -0.290. The molecule has 0 amide bonds. The van der Waals surface area contributed by atoms with Gasteiger partial charge in [-0.2, -0.15) is 0 Å². The van der Waals surface area contributed by atoms with Crippen molar-refractivity contribution in [3.63, 3.8) is 0 Å². The topological polar surface area (TPSA) is 47.6 Å². The minimum Gasteiger partial charge on any atom is -0.466 e. The van der Waals surface area contributed by atoms with Crippen LogP contribution in [0.1, 0.15) is 53.9 Å². The predicted molar refractivity (Wildman–Crippen MR) is 73.7 cm³/mol. The van der Waals surface area contributed by atoms with E-state index < -0.39 is 0 Å². The third-order valence-corrected chi connectivity index (χ3v) is 3.01. The van der Waals surface area contributed by atoms with Crippen molar-refractivity contribution in [1.29, 1.82) is 0 Å². The summed E-state index contributed by atoms with van der Waals surface area (Å²) in [5.41, 5.74) is -0.552. The van der Waals surface area contributed by atoms with Gasteiger partial charge >= 0.3 is 5.97 Å². The normalized spacial score (nSPS) is 15.2. The van der Waals surface area contributed by atoms with Gasteiger partial charge in [0.1, 0.15) is 0 Å². The molecule has 1 atom stereocenters. The summed E-state index contributed by atoms with van der Waals surface area (Å²) in [5, 5.41) is 3.44. The average Bonchev–Trinajstić information content (AvgIpc) is 2.26. The molecule has 0 saturated heterocycles. The summed E-state index contributed by atoms with van der Waals surface area (Å²) in [6, 6.07) is 0. The molecule has 0 aromatic carbocycles. The predicted octanol–water partition coefficient (Wildman–Crippen LogP) is 2.51. The molecule has 0 aromatic rings. The monoisotopic (exact) mass is 259 g/mol. The maximum Gasteiger partial charge on any atom is 0.307 e. The second-order valence-corrected chi connectivity index (χ2v) is 5.61. The quantitative estimate of drug-likeness (QED) is 0.646. The van der Waals surface area contributed by atoms with Crippen molar-refractivity contribution in [3.05, 3.63) is 0 Å². The highest BCUT2D eigenvalue weighted by atomic mass is 16.5. The molecule has 1 unspecified atom stereocenters. The Kier molecular flexibility index (Phi) is 7.48. The molecule has 0 fully saturated rings. The first-order chi connectivity index (χ1) is 8.28. The molecule has 4 nitrogen and oxygen atoms in total. The van der Waals surface area contributed by atoms with Gasteiger partial charge in [0.2, 0.25) is 0 Å². The van der Waals surface area contributed by atoms with Crippen LogP contribution in [-0.4, -0.2) is 37.4 Å². The van der Waals surface area contributed by atoms with Gasteiger partial charge in [-0.05, 0) is 47.1 Å². The van der Waals surface area contributed by atoms with E-state index in [2.05, 4.69) is 19.2 Å². The molecule has 1 N–H and O–H groups in total. The van der Waals surface area contributed by atoms with Gasteiger partial charge in [-0.15, -0.1) is 0 Å². The van der Waals surface area contributed by atoms with Crippen molar-refractivity contribution >= 4 is 5.97 Å². The second-order valence-electron chi connectivity index (χ2n) is 5.61. The van der Waals surface area contributed by atoms with Crippen LogP contribution in [0.2, 0.25) is 0 Å². The van der Waals surface area contributed by atoms with E-state index in [4.69, 9.17) is 9.47 Å². The highest BCUT2D eigenvalue weighted by Gasteiger charge is 2.34. The van der Waals surface area contributed by atoms with Gasteiger partial charge in [0.05, 0.1) is 18.6 Å². The van der Waals surface area contributed by atoms with Gasteiger partial charge in [-0.25, -0.2) is 0 Å². The van der Waals surface area contributed by atoms with Gasteiger partial charge in [-0.1, -0.05) is 6.92 Å². The fraction of sp³-hybridized carbons (Fsp3) is 0.929. The molecule has 0 aliphatic carbocycles. The third kappa shape index (κ3) is 6.97. The number of methoxy groups -OCH3 is 1. The minimum absolute atomic E-state index is 0.157. The molecule has 0 radical (unpaired) electrons. The summed E-state index contributed by atoms with van der Waals surface area (Å²) < 4.78 is 10.5. The molecule has 0 heterocycles. The highest BCUT2D eigenvalue weighted by molar-refractivity contribution is 5.70. The van der Waals surface area contributed by atoms with Crippen molar-refractivity contribution in [3.8, 4) is 0 Å². The zero-order chi connectivity index (χ0) is 14.2. The standard InChI is InChI=1S/C14H29NO3/c1-7-9-15-14(5,10-12(16)18-8-2)11-13(3,4)17-6/h15H,7-11H2,1-6H3. The van der Waals surface area contributed by atoms with Gasteiger partial charge in [-0.3, -0.25) is 4.79 Å². The molecule has 4 heteroatoms. The van der Waals surface area contributed by atoms with Gasteiger partial charge in [0, 0.05) is 12.6 Å². The Balaban J connectivity index is 4.65. The van der Waals surface area contributed by atoms with E-state index in [0.717, 1.165) is 19.4 Å². The Hall–Kier alpha value is -0.610. The van der Waals surface area contributed by atoms with Crippen molar-refractivity contribution in [2.75, 3.05) is 20.3 Å². The molecular formula is C14H29NO3. The zero-order valence-electron chi connectivity index (χ0n) is 12.8. The van der Waals surface area contributed by atoms with Gasteiger partial charge in [0.25, 0.3) is 0 Å². The van der Waals surface area contributed by atoms with Crippen molar-refractivity contribution in [1.82, 2.24) is 5.32 Å². The average molecular weight is 259 g/mol. The smallest absolute Gasteiger partial charge is 0.307 e. The van der Waals surface area contributed by atoms with E-state index in [9.17, 15) is 4.79 Å². The first-order valence-corrected chi connectivity index (χ1v) is 6.74. The first-order valence-electron chi connectivity index (χ1n) is 6.74. The second kappa shape index (κ2) is 7.74. The molecule has 0 rings (SSSR count). The maximum atomic E-state index is 11.7. The van der Waals surface area contributed by atoms with E-state index in [1.807, 2.05) is 20.8 Å². The number of esters is 1. The molecule has 0 aliphatic rings. The van der Waals surface area contributed by atoms with Crippen LogP contribution in [0.15, 0.2) is 0 Å². The SMILES string of the molecule is CCCNC(C)(CC(=O)OCC)CC(C)(C)OC. The maximum absolute atomic E-state index is 11.7. The third-order valence-electron chi connectivity index (χ3n) is 3.01. The van der Waals surface area contributed by atoms with E-state index in [-0.39, 0.29) is 17.1 Å². The summed E-state index contributed by atoms with van der Waals surface area (Å²) >= 11 is 0. The van der Waals surface area contributed by atoms with E-state index in [1.165, 1.54) is 0 Å². The van der Waals surface area contributed by atoms with Crippen molar-refractivity contribution in [2.45, 2.75) is 65.0 Å². The Morgan fingerprint density at radius 1 is 1.22 bits per heavy atom. The zero-order valence-corrected chi connectivity index (χ0v) is 12.8. The van der Waals surface area contributed by atoms with Crippen LogP contribution < -0.4 is 5.32 Å². The number of rotatable bonds is 9. The largest absolute Gasteiger partial charge is 0.466 e. The van der Waals surface area contributed by atoms with E-state index >= 15 is 0 Å². The number of ether oxygens (including phenoxy) is 2. The van der Waals surface area contributed by atoms with Gasteiger partial charge < -0.3 is 14.8 Å². The molecule has 0 aliphatic heterocycles. The highest BCUT2D eigenvalue weighted by Crippen LogP contribution is 2.26. The fourth-order valence-corrected chi connectivity index (χ4v) is 2.16. The fourth-order valence-electron chi connectivity index (χ4n) is 2.16. The first kappa shape index (κ1) is 17.4. The Morgan fingerprint density at radius 3 is 2.28 bits per heavy atom. The molecular weight excluding hydrogens is 230 g/mol. The van der Waals surface area contributed by atoms with Crippen LogP contribution in [-0.2, 0) is 14.3 Å². The van der Waals surface area contributed by atoms with Crippen LogP contribution in [0.5, 0.6) is 0 Å². The summed E-state index contributed by atoms with van der Waals surface area (Å²) in [6.07, 6.45) is 2.16. The number of nitrogens with one attached hydrogen (secondary N) is 1. The number of hydrogen-bond acceptors (Lipinski definition) is 4. The van der Waals surface area contributed by atoms with Crippen molar-refractivity contribution in [2.24, 2.45) is 0 Å². The van der Waals surface area contributed by atoms with Crippen LogP contribution >= 0.6 is 0 Å². The molecule has 0 aromatic heterocycles. The Morgan fingerprint density at radius 2 is 1.83 bits per heavy atom. The Labute approximate surface area is 111 Å². The molecule has 0 spiro atoms. The lowest BCUT2D eigenvalue weighted by molar-refractivity contribution is -0.145. The van der Waals surface area contributed by atoms with Crippen molar-refractivity contribution < 1.29 is 14.3 Å².